The van der Waals surface area contributed by atoms with E-state index < -0.39 is 0 Å². The second-order valence-electron chi connectivity index (χ2n) is 8.13. The van der Waals surface area contributed by atoms with Crippen LogP contribution in [0.4, 0.5) is 17.7 Å². The van der Waals surface area contributed by atoms with Crippen molar-refractivity contribution < 1.29 is 0 Å². The van der Waals surface area contributed by atoms with Crippen LogP contribution in [0.3, 0.4) is 0 Å². The molecule has 1 unspecified atom stereocenters. The summed E-state index contributed by atoms with van der Waals surface area (Å²) in [5, 5.41) is 23.7. The summed E-state index contributed by atoms with van der Waals surface area (Å²) in [4.78, 5) is 16.4. The largest absolute Gasteiger partial charge is 0.351 e. The molecule has 3 aromatic rings. The molecule has 2 aliphatic heterocycles. The topological polar surface area (TPSA) is 118 Å². The first kappa shape index (κ1) is 18.8. The van der Waals surface area contributed by atoms with Crippen molar-refractivity contribution in [2.75, 3.05) is 17.2 Å². The molecule has 3 N–H and O–H groups in total. The van der Waals surface area contributed by atoms with Crippen LogP contribution in [0.5, 0.6) is 0 Å². The van der Waals surface area contributed by atoms with Crippen LogP contribution in [0.25, 0.3) is 10.9 Å². The number of piperidine rings is 1. The average molecular weight is 403 g/mol. The summed E-state index contributed by atoms with van der Waals surface area (Å²) in [6, 6.07) is 11.6. The monoisotopic (exact) mass is 403 g/mol. The average Bonchev–Trinajstić information content (AvgIpc) is 3.25. The first-order valence-corrected chi connectivity index (χ1v) is 10.5. The van der Waals surface area contributed by atoms with Crippen LogP contribution in [-0.2, 0) is 0 Å². The Hall–Kier alpha value is -3.25. The van der Waals surface area contributed by atoms with Gasteiger partial charge in [-0.1, -0.05) is 12.1 Å². The van der Waals surface area contributed by atoms with Crippen LogP contribution >= 0.6 is 0 Å². The van der Waals surface area contributed by atoms with E-state index in [2.05, 4.69) is 36.8 Å². The summed E-state index contributed by atoms with van der Waals surface area (Å²) < 4.78 is 0. The Morgan fingerprint density at radius 2 is 1.93 bits per heavy atom. The summed E-state index contributed by atoms with van der Waals surface area (Å²) in [5.74, 6) is 2.55. The molecule has 0 spiro atoms. The van der Waals surface area contributed by atoms with E-state index >= 15 is 0 Å². The number of nitrogens with zero attached hydrogens (tertiary/aromatic N) is 6. The van der Waals surface area contributed by atoms with Crippen molar-refractivity contribution in [3.05, 3.63) is 30.1 Å². The molecule has 30 heavy (non-hydrogen) atoms. The maximum atomic E-state index is 8.93. The molecule has 0 radical (unpaired) electrons. The number of benzene rings is 1. The number of anilines is 3. The Labute approximate surface area is 174 Å². The van der Waals surface area contributed by atoms with Gasteiger partial charge in [-0.05, 0) is 44.7 Å². The number of fused-ring (bicyclic) bond motifs is 3. The molecule has 2 aromatic heterocycles. The molecule has 3 atom stereocenters. The van der Waals surface area contributed by atoms with Gasteiger partial charge in [-0.2, -0.15) is 15.2 Å². The summed E-state index contributed by atoms with van der Waals surface area (Å²) in [6.07, 6.45) is 5.14. The number of nitrogens with one attached hydrogen (secondary N) is 3. The molecule has 5 rings (SSSR count). The quantitative estimate of drug-likeness (QED) is 0.574. The first-order chi connectivity index (χ1) is 14.7. The summed E-state index contributed by atoms with van der Waals surface area (Å²) >= 11 is 0. The minimum Gasteiger partial charge on any atom is -0.351 e. The molecular formula is C21H25N9. The molecule has 2 fully saturated rings. The lowest BCUT2D eigenvalue weighted by Gasteiger charge is -2.38. The number of hydrogen-bond donors (Lipinski definition) is 3. The number of aromatic amines is 1. The normalized spacial score (nSPS) is 23.4. The summed E-state index contributed by atoms with van der Waals surface area (Å²) in [6.45, 7) is 2.75. The van der Waals surface area contributed by atoms with Crippen LogP contribution in [0.2, 0.25) is 0 Å². The van der Waals surface area contributed by atoms with Gasteiger partial charge in [-0.15, -0.1) is 5.10 Å². The molecule has 154 valence electrons. The van der Waals surface area contributed by atoms with Gasteiger partial charge in [0.25, 0.3) is 0 Å². The second-order valence-corrected chi connectivity index (χ2v) is 8.13. The zero-order valence-electron chi connectivity index (χ0n) is 17.0. The van der Waals surface area contributed by atoms with Gasteiger partial charge in [0.2, 0.25) is 11.9 Å². The van der Waals surface area contributed by atoms with Gasteiger partial charge in [0.15, 0.2) is 0 Å². The van der Waals surface area contributed by atoms with Crippen LogP contribution in [0, 0.1) is 18.3 Å². The minimum absolute atomic E-state index is 0.334. The van der Waals surface area contributed by atoms with Crippen molar-refractivity contribution in [3.8, 4) is 6.07 Å². The van der Waals surface area contributed by atoms with Crippen LogP contribution in [0.1, 0.15) is 37.9 Å². The van der Waals surface area contributed by atoms with Crippen LogP contribution in [0.15, 0.2) is 24.3 Å². The summed E-state index contributed by atoms with van der Waals surface area (Å²) in [7, 11) is 0. The molecule has 9 heteroatoms. The van der Waals surface area contributed by atoms with Gasteiger partial charge in [0.05, 0.1) is 11.6 Å². The Morgan fingerprint density at radius 1 is 1.13 bits per heavy atom. The van der Waals surface area contributed by atoms with E-state index in [1.165, 1.54) is 12.8 Å². The van der Waals surface area contributed by atoms with Crippen molar-refractivity contribution >= 4 is 28.6 Å². The maximum Gasteiger partial charge on any atom is 0.247 e. The smallest absolute Gasteiger partial charge is 0.247 e. The Bertz CT molecular complexity index is 1070. The molecule has 0 amide bonds. The van der Waals surface area contributed by atoms with Crippen molar-refractivity contribution in [2.45, 2.75) is 57.2 Å². The Balaban J connectivity index is 1.37. The molecule has 4 heterocycles. The SMILES string of the molecule is Cc1nc(Nc2nc(NC3C[C@H]4CC[C@@H](C3)N4CCC#N)nc3ccccc23)n[nH]1. The molecule has 0 saturated carbocycles. The van der Waals surface area contributed by atoms with E-state index in [9.17, 15) is 0 Å². The van der Waals surface area contributed by atoms with Gasteiger partial charge in [-0.3, -0.25) is 10.00 Å². The predicted molar refractivity (Wildman–Crippen MR) is 114 cm³/mol. The van der Waals surface area contributed by atoms with Gasteiger partial charge in [-0.25, -0.2) is 4.98 Å². The first-order valence-electron chi connectivity index (χ1n) is 10.5. The molecule has 0 aliphatic carbocycles. The lowest BCUT2D eigenvalue weighted by molar-refractivity contribution is 0.135. The Morgan fingerprint density at radius 3 is 2.67 bits per heavy atom. The zero-order valence-corrected chi connectivity index (χ0v) is 17.0. The van der Waals surface area contributed by atoms with Gasteiger partial charge in [0, 0.05) is 36.5 Å². The molecule has 2 saturated heterocycles. The highest BCUT2D eigenvalue weighted by Gasteiger charge is 2.40. The van der Waals surface area contributed by atoms with Gasteiger partial charge < -0.3 is 10.6 Å². The molecule has 9 nitrogen and oxygen atoms in total. The molecule has 2 bridgehead atoms. The number of hydrogen-bond acceptors (Lipinski definition) is 8. The van der Waals surface area contributed by atoms with Crippen LogP contribution < -0.4 is 10.6 Å². The van der Waals surface area contributed by atoms with Gasteiger partial charge in [0.1, 0.15) is 11.6 Å². The minimum atomic E-state index is 0.334. The highest BCUT2D eigenvalue weighted by Crippen LogP contribution is 2.37. The van der Waals surface area contributed by atoms with E-state index in [0.29, 0.717) is 42.3 Å². The third kappa shape index (κ3) is 3.66. The second kappa shape index (κ2) is 7.88. The standard InChI is InChI=1S/C21H25N9/c1-13-23-21(29-28-13)27-19-17-5-2-3-6-18(17)25-20(26-19)24-14-11-15-7-8-16(12-14)30(15)10-4-9-22/h2-3,5-6,14-16H,4,7-8,10-12H2,1H3,(H3,23,24,25,26,27,28,29)/t14?,15-,16+. The maximum absolute atomic E-state index is 8.93. The van der Waals surface area contributed by atoms with E-state index in [1.807, 2.05) is 31.2 Å². The van der Waals surface area contributed by atoms with E-state index in [4.69, 9.17) is 15.2 Å². The van der Waals surface area contributed by atoms with Crippen molar-refractivity contribution in [1.29, 1.82) is 5.26 Å². The van der Waals surface area contributed by atoms with Crippen molar-refractivity contribution in [2.24, 2.45) is 0 Å². The van der Waals surface area contributed by atoms with Crippen molar-refractivity contribution in [1.82, 2.24) is 30.0 Å². The summed E-state index contributed by atoms with van der Waals surface area (Å²) in [5.41, 5.74) is 0.874. The third-order valence-electron chi connectivity index (χ3n) is 6.13. The molecule has 1 aromatic carbocycles. The number of nitriles is 1. The predicted octanol–water partition coefficient (Wildman–Crippen LogP) is 3.12. The lowest BCUT2D eigenvalue weighted by atomic mass is 9.97. The third-order valence-corrected chi connectivity index (χ3v) is 6.13. The van der Waals surface area contributed by atoms with E-state index in [1.54, 1.807) is 0 Å². The Kier molecular flexibility index (Phi) is 4.93. The number of para-hydroxylation sites is 1. The number of H-pyrrole nitrogens is 1. The fourth-order valence-electron chi connectivity index (χ4n) is 4.86. The highest BCUT2D eigenvalue weighted by molar-refractivity contribution is 5.91. The van der Waals surface area contributed by atoms with E-state index in [0.717, 1.165) is 36.1 Å². The number of rotatable bonds is 6. The number of aromatic nitrogens is 5. The van der Waals surface area contributed by atoms with E-state index in [-0.39, 0.29) is 0 Å². The van der Waals surface area contributed by atoms with Crippen LogP contribution in [-0.4, -0.2) is 54.7 Å². The van der Waals surface area contributed by atoms with Crippen molar-refractivity contribution in [3.63, 3.8) is 0 Å². The van der Waals surface area contributed by atoms with Gasteiger partial charge >= 0.3 is 0 Å². The molecular weight excluding hydrogens is 378 g/mol. The fraction of sp³-hybridized carbons (Fsp3) is 0.476. The lowest BCUT2D eigenvalue weighted by Crippen LogP contribution is -2.47. The molecule has 2 aliphatic rings. The highest BCUT2D eigenvalue weighted by atomic mass is 15.3. The number of aryl methyl sites for hydroxylation is 1. The fourth-order valence-corrected chi connectivity index (χ4v) is 4.86. The zero-order chi connectivity index (χ0) is 20.5.